The van der Waals surface area contributed by atoms with Gasteiger partial charge in [-0.3, -0.25) is 0 Å². The molecule has 1 N–H and O–H groups in total. The number of morpholine rings is 1. The van der Waals surface area contributed by atoms with Crippen LogP contribution in [0.25, 0.3) is 0 Å². The van der Waals surface area contributed by atoms with Crippen LogP contribution in [0.5, 0.6) is 0 Å². The van der Waals surface area contributed by atoms with Gasteiger partial charge in [-0.05, 0) is 38.0 Å². The molecule has 2 rings (SSSR count). The first-order valence-corrected chi connectivity index (χ1v) is 6.58. The molecule has 0 amide bonds. The third-order valence-electron chi connectivity index (χ3n) is 4.47. The summed E-state index contributed by atoms with van der Waals surface area (Å²) < 4.78 is 6.07. The Labute approximate surface area is 93.8 Å². The van der Waals surface area contributed by atoms with Crippen molar-refractivity contribution in [2.45, 2.75) is 70.6 Å². The maximum atomic E-state index is 6.07. The van der Waals surface area contributed by atoms with Crippen molar-refractivity contribution in [2.75, 3.05) is 6.61 Å². The molecule has 88 valence electrons. The molecule has 2 aliphatic rings. The van der Waals surface area contributed by atoms with Gasteiger partial charge in [0, 0.05) is 11.6 Å². The molecular formula is C13H25NO. The van der Waals surface area contributed by atoms with Crippen molar-refractivity contribution < 1.29 is 4.74 Å². The summed E-state index contributed by atoms with van der Waals surface area (Å²) in [6, 6.07) is 0.613. The minimum atomic E-state index is 0.262. The van der Waals surface area contributed by atoms with Crippen LogP contribution in [0.2, 0.25) is 0 Å². The first-order chi connectivity index (χ1) is 7.19. The quantitative estimate of drug-likeness (QED) is 0.758. The van der Waals surface area contributed by atoms with Crippen molar-refractivity contribution in [1.82, 2.24) is 5.32 Å². The van der Waals surface area contributed by atoms with Gasteiger partial charge in [-0.2, -0.15) is 0 Å². The van der Waals surface area contributed by atoms with Gasteiger partial charge in [0.1, 0.15) is 0 Å². The lowest BCUT2D eigenvalue weighted by atomic mass is 9.80. The molecule has 2 fully saturated rings. The summed E-state index contributed by atoms with van der Waals surface area (Å²) in [5.74, 6) is 0.867. The van der Waals surface area contributed by atoms with E-state index in [1.165, 1.54) is 32.1 Å². The molecule has 0 aromatic rings. The molecular weight excluding hydrogens is 186 g/mol. The Morgan fingerprint density at radius 3 is 2.67 bits per heavy atom. The first kappa shape index (κ1) is 11.4. The van der Waals surface area contributed by atoms with Gasteiger partial charge in [0.2, 0.25) is 0 Å². The Kier molecular flexibility index (Phi) is 3.36. The minimum absolute atomic E-state index is 0.262. The van der Waals surface area contributed by atoms with Crippen LogP contribution >= 0.6 is 0 Å². The molecule has 0 radical (unpaired) electrons. The topological polar surface area (TPSA) is 21.3 Å². The lowest BCUT2D eigenvalue weighted by Gasteiger charge is -2.48. The van der Waals surface area contributed by atoms with Crippen LogP contribution in [-0.2, 0) is 4.74 Å². The summed E-state index contributed by atoms with van der Waals surface area (Å²) in [6.07, 6.45) is 6.75. The third-order valence-corrected chi connectivity index (χ3v) is 4.47. The molecule has 0 bridgehead atoms. The number of rotatable bonds is 2. The molecule has 0 aromatic carbocycles. The average molecular weight is 211 g/mol. The number of fused-ring (bicyclic) bond motifs is 1. The second-order valence-electron chi connectivity index (χ2n) is 5.51. The molecule has 1 aliphatic carbocycles. The van der Waals surface area contributed by atoms with Gasteiger partial charge in [-0.15, -0.1) is 0 Å². The fourth-order valence-electron chi connectivity index (χ4n) is 3.06. The predicted octanol–water partition coefficient (Wildman–Crippen LogP) is 2.72. The summed E-state index contributed by atoms with van der Waals surface area (Å²) in [5, 5.41) is 3.87. The minimum Gasteiger partial charge on any atom is -0.375 e. The maximum absolute atomic E-state index is 6.07. The van der Waals surface area contributed by atoms with Gasteiger partial charge in [0.15, 0.2) is 0 Å². The van der Waals surface area contributed by atoms with E-state index in [1.807, 2.05) is 0 Å². The summed E-state index contributed by atoms with van der Waals surface area (Å²) in [5.41, 5.74) is 0.262. The van der Waals surface area contributed by atoms with Gasteiger partial charge in [0.25, 0.3) is 0 Å². The van der Waals surface area contributed by atoms with Crippen LogP contribution in [0.3, 0.4) is 0 Å². The molecule has 2 nitrogen and oxygen atoms in total. The standard InChI is InChI=1S/C13H25NO/c1-4-13(5-2)9-15-12-7-6-10(3)8-11(12)14-13/h10-12,14H,4-9H2,1-3H3. The highest BCUT2D eigenvalue weighted by Gasteiger charge is 2.40. The second-order valence-corrected chi connectivity index (χ2v) is 5.51. The molecule has 15 heavy (non-hydrogen) atoms. The lowest BCUT2D eigenvalue weighted by Crippen LogP contribution is -2.63. The second kappa shape index (κ2) is 4.42. The number of hydrogen-bond donors (Lipinski definition) is 1. The molecule has 1 saturated heterocycles. The van der Waals surface area contributed by atoms with E-state index in [1.54, 1.807) is 0 Å². The maximum Gasteiger partial charge on any atom is 0.0729 e. The molecule has 2 heteroatoms. The molecule has 3 unspecified atom stereocenters. The summed E-state index contributed by atoms with van der Waals surface area (Å²) in [7, 11) is 0. The van der Waals surface area contributed by atoms with Crippen molar-refractivity contribution >= 4 is 0 Å². The van der Waals surface area contributed by atoms with E-state index in [4.69, 9.17) is 4.74 Å². The molecule has 3 atom stereocenters. The highest BCUT2D eigenvalue weighted by atomic mass is 16.5. The van der Waals surface area contributed by atoms with E-state index in [-0.39, 0.29) is 5.54 Å². The first-order valence-electron chi connectivity index (χ1n) is 6.58. The van der Waals surface area contributed by atoms with Gasteiger partial charge in [0.05, 0.1) is 12.7 Å². The number of ether oxygens (including phenoxy) is 1. The van der Waals surface area contributed by atoms with Crippen LogP contribution in [0, 0.1) is 5.92 Å². The Morgan fingerprint density at radius 1 is 1.27 bits per heavy atom. The highest BCUT2D eigenvalue weighted by molar-refractivity contribution is 4.98. The molecule has 0 aromatic heterocycles. The van der Waals surface area contributed by atoms with E-state index in [9.17, 15) is 0 Å². The lowest BCUT2D eigenvalue weighted by molar-refractivity contribution is -0.0865. The summed E-state index contributed by atoms with van der Waals surface area (Å²) in [4.78, 5) is 0. The van der Waals surface area contributed by atoms with Gasteiger partial charge >= 0.3 is 0 Å². The highest BCUT2D eigenvalue weighted by Crippen LogP contribution is 2.33. The monoisotopic (exact) mass is 211 g/mol. The van der Waals surface area contributed by atoms with E-state index in [0.717, 1.165) is 12.5 Å². The molecule has 1 aliphatic heterocycles. The molecule has 1 saturated carbocycles. The van der Waals surface area contributed by atoms with Gasteiger partial charge in [-0.25, -0.2) is 0 Å². The fraction of sp³-hybridized carbons (Fsp3) is 1.00. The van der Waals surface area contributed by atoms with Crippen molar-refractivity contribution in [3.8, 4) is 0 Å². The normalized spacial score (nSPS) is 39.8. The van der Waals surface area contributed by atoms with E-state index in [2.05, 4.69) is 26.1 Å². The zero-order valence-electron chi connectivity index (χ0n) is 10.4. The van der Waals surface area contributed by atoms with Crippen molar-refractivity contribution in [3.63, 3.8) is 0 Å². The van der Waals surface area contributed by atoms with Crippen LogP contribution in [0.1, 0.15) is 52.9 Å². The zero-order valence-corrected chi connectivity index (χ0v) is 10.4. The Bertz CT molecular complexity index is 213. The van der Waals surface area contributed by atoms with E-state index < -0.39 is 0 Å². The third kappa shape index (κ3) is 2.21. The van der Waals surface area contributed by atoms with Crippen molar-refractivity contribution in [1.29, 1.82) is 0 Å². The van der Waals surface area contributed by atoms with Crippen LogP contribution < -0.4 is 5.32 Å². The Hall–Kier alpha value is -0.0800. The fourth-order valence-corrected chi connectivity index (χ4v) is 3.06. The van der Waals surface area contributed by atoms with Crippen LogP contribution in [0.4, 0.5) is 0 Å². The number of hydrogen-bond acceptors (Lipinski definition) is 2. The van der Waals surface area contributed by atoms with Crippen molar-refractivity contribution in [2.24, 2.45) is 5.92 Å². The van der Waals surface area contributed by atoms with Gasteiger partial charge in [-0.1, -0.05) is 20.8 Å². The molecule has 0 spiro atoms. The smallest absolute Gasteiger partial charge is 0.0729 e. The Morgan fingerprint density at radius 2 is 2.00 bits per heavy atom. The van der Waals surface area contributed by atoms with E-state index in [0.29, 0.717) is 12.1 Å². The summed E-state index contributed by atoms with van der Waals surface area (Å²) in [6.45, 7) is 7.82. The zero-order chi connectivity index (χ0) is 10.9. The average Bonchev–Trinajstić information content (AvgIpc) is 2.28. The van der Waals surface area contributed by atoms with E-state index >= 15 is 0 Å². The SMILES string of the molecule is CCC1(CC)COC2CCC(C)CC2N1. The largest absolute Gasteiger partial charge is 0.375 e. The Balaban J connectivity index is 2.02. The number of nitrogens with one attached hydrogen (secondary N) is 1. The predicted molar refractivity (Wildman–Crippen MR) is 63.0 cm³/mol. The summed E-state index contributed by atoms with van der Waals surface area (Å²) >= 11 is 0. The molecule has 1 heterocycles. The van der Waals surface area contributed by atoms with Crippen molar-refractivity contribution in [3.05, 3.63) is 0 Å². The van der Waals surface area contributed by atoms with Crippen LogP contribution in [0.15, 0.2) is 0 Å². The van der Waals surface area contributed by atoms with Gasteiger partial charge < -0.3 is 10.1 Å². The van der Waals surface area contributed by atoms with Crippen LogP contribution in [-0.4, -0.2) is 24.3 Å².